The number of nitrogens with zero attached hydrogens (tertiary/aromatic N) is 2. The van der Waals surface area contributed by atoms with Crippen LogP contribution in [0.3, 0.4) is 0 Å². The topological polar surface area (TPSA) is 74.9 Å². The van der Waals surface area contributed by atoms with Crippen molar-refractivity contribution in [2.24, 2.45) is 0 Å². The first-order valence-corrected chi connectivity index (χ1v) is 12.7. The highest BCUT2D eigenvalue weighted by molar-refractivity contribution is 6.05. The Morgan fingerprint density at radius 3 is 2.22 bits per heavy atom. The van der Waals surface area contributed by atoms with Crippen molar-refractivity contribution in [1.82, 2.24) is 9.47 Å². The summed E-state index contributed by atoms with van der Waals surface area (Å²) in [5, 5.41) is 20.5. The molecule has 4 aromatic rings. The molecule has 1 aliphatic heterocycles. The first kappa shape index (κ1) is 23.9. The molecule has 186 valence electrons. The number of aromatic hydroxyl groups is 2. The van der Waals surface area contributed by atoms with E-state index in [4.69, 9.17) is 4.74 Å². The number of aromatic nitrogens is 1. The first-order chi connectivity index (χ1) is 17.6. The monoisotopic (exact) mass is 484 g/mol. The number of carbonyl (C=O) groups excluding carboxylic acids is 1. The normalized spacial score (nSPS) is 14.6. The number of aldehydes is 1. The van der Waals surface area contributed by atoms with Crippen molar-refractivity contribution in [3.63, 3.8) is 0 Å². The zero-order valence-electron chi connectivity index (χ0n) is 20.4. The van der Waals surface area contributed by atoms with E-state index in [0.29, 0.717) is 24.1 Å². The maximum atomic E-state index is 12.2. The second-order valence-electron chi connectivity index (χ2n) is 9.46. The van der Waals surface area contributed by atoms with Crippen LogP contribution in [0.15, 0.2) is 66.7 Å². The molecule has 0 unspecified atom stereocenters. The molecular formula is C30H32N2O4. The van der Waals surface area contributed by atoms with Gasteiger partial charge in [-0.1, -0.05) is 25.0 Å². The fraction of sp³-hybridized carbons (Fsp3) is 0.300. The first-order valence-electron chi connectivity index (χ1n) is 12.7. The average molecular weight is 485 g/mol. The van der Waals surface area contributed by atoms with Gasteiger partial charge in [-0.15, -0.1) is 0 Å². The third kappa shape index (κ3) is 5.24. The minimum Gasteiger partial charge on any atom is -0.508 e. The van der Waals surface area contributed by atoms with E-state index < -0.39 is 0 Å². The Balaban J connectivity index is 1.38. The second kappa shape index (κ2) is 10.9. The number of fused-ring (bicyclic) bond motifs is 1. The van der Waals surface area contributed by atoms with E-state index >= 15 is 0 Å². The van der Waals surface area contributed by atoms with Crippen LogP contribution >= 0.6 is 0 Å². The Labute approximate surface area is 211 Å². The number of phenolic OH excluding ortho intramolecular Hbond substituents is 2. The van der Waals surface area contributed by atoms with E-state index in [1.807, 2.05) is 18.2 Å². The molecule has 1 aromatic heterocycles. The zero-order valence-corrected chi connectivity index (χ0v) is 20.4. The second-order valence-corrected chi connectivity index (χ2v) is 9.46. The van der Waals surface area contributed by atoms with Crippen LogP contribution in [0, 0.1) is 0 Å². The standard InChI is InChI=1S/C30H32N2O4/c33-21-28-27-19-25(35)11-14-29(27)32(30(28)23-7-9-24(34)10-8-23)20-22-5-12-26(13-6-22)36-18-17-31-15-3-1-2-4-16-31/h5-14,19,21,34-35H,1-4,15-18,20H2. The van der Waals surface area contributed by atoms with Gasteiger partial charge < -0.3 is 19.5 Å². The molecular weight excluding hydrogens is 452 g/mol. The summed E-state index contributed by atoms with van der Waals surface area (Å²) in [5.41, 5.74) is 4.01. The van der Waals surface area contributed by atoms with E-state index in [-0.39, 0.29) is 11.5 Å². The number of hydrogen-bond acceptors (Lipinski definition) is 5. The van der Waals surface area contributed by atoms with E-state index in [2.05, 4.69) is 21.6 Å². The van der Waals surface area contributed by atoms with Crippen molar-refractivity contribution in [2.45, 2.75) is 32.2 Å². The smallest absolute Gasteiger partial charge is 0.152 e. The van der Waals surface area contributed by atoms with E-state index in [1.54, 1.807) is 36.4 Å². The predicted molar refractivity (Wildman–Crippen MR) is 142 cm³/mol. The maximum Gasteiger partial charge on any atom is 0.152 e. The number of likely N-dealkylation sites (tertiary alicyclic amines) is 1. The molecule has 1 aliphatic rings. The largest absolute Gasteiger partial charge is 0.508 e. The van der Waals surface area contributed by atoms with Crippen molar-refractivity contribution in [3.05, 3.63) is 77.9 Å². The summed E-state index contributed by atoms with van der Waals surface area (Å²) in [4.78, 5) is 14.7. The summed E-state index contributed by atoms with van der Waals surface area (Å²) in [6.45, 7) is 4.50. The van der Waals surface area contributed by atoms with Crippen molar-refractivity contribution in [3.8, 4) is 28.5 Å². The molecule has 0 aliphatic carbocycles. The fourth-order valence-corrected chi connectivity index (χ4v) is 5.11. The van der Waals surface area contributed by atoms with Gasteiger partial charge in [0, 0.05) is 29.6 Å². The molecule has 0 bridgehead atoms. The molecule has 36 heavy (non-hydrogen) atoms. The SMILES string of the molecule is O=Cc1c(-c2ccc(O)cc2)n(Cc2ccc(OCCN3CCCCCC3)cc2)c2ccc(O)cc12. The van der Waals surface area contributed by atoms with E-state index in [0.717, 1.165) is 54.0 Å². The lowest BCUT2D eigenvalue weighted by atomic mass is 10.1. The molecule has 6 nitrogen and oxygen atoms in total. The molecule has 0 amide bonds. The minimum atomic E-state index is 0.113. The predicted octanol–water partition coefficient (Wildman–Crippen LogP) is 5.84. The van der Waals surface area contributed by atoms with Crippen molar-refractivity contribution in [2.75, 3.05) is 26.2 Å². The number of phenols is 2. The van der Waals surface area contributed by atoms with Crippen LogP contribution in [-0.2, 0) is 6.54 Å². The number of rotatable bonds is 8. The summed E-state index contributed by atoms with van der Waals surface area (Å²) in [6.07, 6.45) is 6.06. The Hall–Kier alpha value is -3.77. The van der Waals surface area contributed by atoms with Crippen molar-refractivity contribution in [1.29, 1.82) is 0 Å². The van der Waals surface area contributed by atoms with Gasteiger partial charge in [-0.3, -0.25) is 9.69 Å². The van der Waals surface area contributed by atoms with Gasteiger partial charge in [-0.05, 0) is 91.7 Å². The lowest BCUT2D eigenvalue weighted by Crippen LogP contribution is -2.29. The lowest BCUT2D eigenvalue weighted by molar-refractivity contribution is 0.112. The van der Waals surface area contributed by atoms with Crippen LogP contribution < -0.4 is 4.74 Å². The Morgan fingerprint density at radius 1 is 0.833 bits per heavy atom. The summed E-state index contributed by atoms with van der Waals surface area (Å²) < 4.78 is 8.10. The van der Waals surface area contributed by atoms with Crippen LogP contribution in [0.1, 0.15) is 41.6 Å². The third-order valence-electron chi connectivity index (χ3n) is 6.98. The minimum absolute atomic E-state index is 0.113. The molecule has 2 N–H and O–H groups in total. The van der Waals surface area contributed by atoms with Gasteiger partial charge in [0.15, 0.2) is 6.29 Å². The fourth-order valence-electron chi connectivity index (χ4n) is 5.11. The average Bonchev–Trinajstić information content (AvgIpc) is 3.01. The highest BCUT2D eigenvalue weighted by atomic mass is 16.5. The van der Waals surface area contributed by atoms with Crippen LogP contribution in [0.4, 0.5) is 0 Å². The highest BCUT2D eigenvalue weighted by Crippen LogP contribution is 2.36. The van der Waals surface area contributed by atoms with Crippen LogP contribution in [0.25, 0.3) is 22.2 Å². The maximum absolute atomic E-state index is 12.2. The number of carbonyl (C=O) groups is 1. The summed E-state index contributed by atoms with van der Waals surface area (Å²) >= 11 is 0. The Kier molecular flexibility index (Phi) is 7.23. The van der Waals surface area contributed by atoms with Crippen LogP contribution in [-0.4, -0.2) is 52.2 Å². The Morgan fingerprint density at radius 2 is 1.53 bits per heavy atom. The van der Waals surface area contributed by atoms with Gasteiger partial charge in [0.25, 0.3) is 0 Å². The van der Waals surface area contributed by atoms with Gasteiger partial charge in [0.1, 0.15) is 23.9 Å². The number of ether oxygens (including phenoxy) is 1. The molecule has 3 aromatic carbocycles. The van der Waals surface area contributed by atoms with Gasteiger partial charge >= 0.3 is 0 Å². The van der Waals surface area contributed by atoms with Crippen molar-refractivity contribution < 1.29 is 19.7 Å². The van der Waals surface area contributed by atoms with Gasteiger partial charge in [-0.2, -0.15) is 0 Å². The molecule has 1 fully saturated rings. The van der Waals surface area contributed by atoms with Gasteiger partial charge in [-0.25, -0.2) is 0 Å². The summed E-state index contributed by atoms with van der Waals surface area (Å²) in [5.74, 6) is 1.13. The van der Waals surface area contributed by atoms with Crippen LogP contribution in [0.2, 0.25) is 0 Å². The van der Waals surface area contributed by atoms with Crippen LogP contribution in [0.5, 0.6) is 17.2 Å². The molecule has 0 atom stereocenters. The zero-order chi connectivity index (χ0) is 24.9. The van der Waals surface area contributed by atoms with E-state index in [1.165, 1.54) is 25.7 Å². The molecule has 0 radical (unpaired) electrons. The Bertz CT molecular complexity index is 1320. The van der Waals surface area contributed by atoms with Gasteiger partial charge in [0.05, 0.1) is 5.69 Å². The molecule has 0 spiro atoms. The highest BCUT2D eigenvalue weighted by Gasteiger charge is 2.19. The number of hydrogen-bond donors (Lipinski definition) is 2. The van der Waals surface area contributed by atoms with Crippen molar-refractivity contribution >= 4 is 17.2 Å². The van der Waals surface area contributed by atoms with E-state index in [9.17, 15) is 15.0 Å². The molecule has 1 saturated heterocycles. The molecule has 5 rings (SSSR count). The summed E-state index contributed by atoms with van der Waals surface area (Å²) in [7, 11) is 0. The number of benzene rings is 3. The molecule has 2 heterocycles. The molecule has 0 saturated carbocycles. The third-order valence-corrected chi connectivity index (χ3v) is 6.98. The quantitative estimate of drug-likeness (QED) is 0.308. The van der Waals surface area contributed by atoms with Gasteiger partial charge in [0.2, 0.25) is 0 Å². The lowest BCUT2D eigenvalue weighted by Gasteiger charge is -2.19. The molecule has 6 heteroatoms. The summed E-state index contributed by atoms with van der Waals surface area (Å²) in [6, 6.07) is 20.0.